The minimum absolute atomic E-state index is 0.0519. The number of hydrogen-bond acceptors (Lipinski definition) is 4. The van der Waals surface area contributed by atoms with Gasteiger partial charge in [-0.05, 0) is 18.6 Å². The Kier molecular flexibility index (Phi) is 2.63. The third-order valence-corrected chi connectivity index (χ3v) is 3.48. The lowest BCUT2D eigenvalue weighted by atomic mass is 9.85. The van der Waals surface area contributed by atoms with Crippen molar-refractivity contribution in [3.8, 4) is 0 Å². The average Bonchev–Trinajstić information content (AvgIpc) is 2.66. The van der Waals surface area contributed by atoms with Crippen LogP contribution in [0.4, 0.5) is 4.39 Å². The highest BCUT2D eigenvalue weighted by Gasteiger charge is 2.38. The first kappa shape index (κ1) is 12.5. The summed E-state index contributed by atoms with van der Waals surface area (Å²) in [5.41, 5.74) is -0.170. The van der Waals surface area contributed by atoms with Crippen molar-refractivity contribution in [1.82, 2.24) is 10.6 Å². The number of hydrogen-bond donors (Lipinski definition) is 2. The molecule has 1 atom stereocenters. The van der Waals surface area contributed by atoms with Gasteiger partial charge in [0.1, 0.15) is 5.82 Å². The van der Waals surface area contributed by atoms with E-state index in [9.17, 15) is 23.6 Å². The summed E-state index contributed by atoms with van der Waals surface area (Å²) in [6, 6.07) is 2.26. The normalized spacial score (nSPS) is 21.6. The van der Waals surface area contributed by atoms with Crippen LogP contribution in [-0.4, -0.2) is 23.6 Å². The van der Waals surface area contributed by atoms with Gasteiger partial charge in [-0.25, -0.2) is 4.39 Å². The van der Waals surface area contributed by atoms with E-state index in [-0.39, 0.29) is 29.5 Å². The van der Waals surface area contributed by atoms with E-state index in [0.717, 1.165) is 6.07 Å². The van der Waals surface area contributed by atoms with E-state index in [0.29, 0.717) is 0 Å². The summed E-state index contributed by atoms with van der Waals surface area (Å²) in [6.07, 6.45) is 0.175. The molecule has 7 heteroatoms. The summed E-state index contributed by atoms with van der Waals surface area (Å²) in [5.74, 6) is -4.09. The molecule has 6 nitrogen and oxygen atoms in total. The summed E-state index contributed by atoms with van der Waals surface area (Å²) in [6.45, 7) is 0. The molecule has 1 aromatic carbocycles. The first-order valence-corrected chi connectivity index (χ1v) is 6.01. The SMILES string of the molecule is O=C1CCC(c2c(F)ccc3c2C(=O)NC3=O)C(=O)N1. The molecule has 3 rings (SSSR count). The molecule has 0 bridgehead atoms. The summed E-state index contributed by atoms with van der Waals surface area (Å²) >= 11 is 0. The number of nitrogens with one attached hydrogen (secondary N) is 2. The quantitative estimate of drug-likeness (QED) is 0.718. The zero-order valence-corrected chi connectivity index (χ0v) is 10.2. The van der Waals surface area contributed by atoms with Gasteiger partial charge in [0.05, 0.1) is 17.0 Å². The van der Waals surface area contributed by atoms with Crippen LogP contribution in [0.2, 0.25) is 0 Å². The van der Waals surface area contributed by atoms with E-state index < -0.39 is 35.4 Å². The number of carbonyl (C=O) groups excluding carboxylic acids is 4. The molecule has 2 N–H and O–H groups in total. The molecule has 1 fully saturated rings. The number of benzene rings is 1. The van der Waals surface area contributed by atoms with Crippen LogP contribution < -0.4 is 10.6 Å². The maximum Gasteiger partial charge on any atom is 0.259 e. The van der Waals surface area contributed by atoms with E-state index in [1.54, 1.807) is 0 Å². The maximum atomic E-state index is 14.0. The van der Waals surface area contributed by atoms with Crippen LogP contribution in [0.15, 0.2) is 12.1 Å². The van der Waals surface area contributed by atoms with Gasteiger partial charge < -0.3 is 0 Å². The van der Waals surface area contributed by atoms with Crippen LogP contribution >= 0.6 is 0 Å². The second-order valence-corrected chi connectivity index (χ2v) is 4.67. The number of halogens is 1. The molecule has 1 saturated heterocycles. The number of imide groups is 2. The van der Waals surface area contributed by atoms with Crippen molar-refractivity contribution in [3.63, 3.8) is 0 Å². The van der Waals surface area contributed by atoms with Gasteiger partial charge in [0.15, 0.2) is 0 Å². The maximum absolute atomic E-state index is 14.0. The van der Waals surface area contributed by atoms with Gasteiger partial charge in [-0.1, -0.05) is 0 Å². The molecule has 1 aromatic rings. The van der Waals surface area contributed by atoms with E-state index in [1.165, 1.54) is 6.07 Å². The summed E-state index contributed by atoms with van der Waals surface area (Å²) in [4.78, 5) is 46.3. The summed E-state index contributed by atoms with van der Waals surface area (Å²) in [7, 11) is 0. The number of rotatable bonds is 1. The molecule has 1 unspecified atom stereocenters. The molecule has 4 amide bonds. The highest BCUT2D eigenvalue weighted by molar-refractivity contribution is 6.22. The van der Waals surface area contributed by atoms with Crippen molar-refractivity contribution in [1.29, 1.82) is 0 Å². The lowest BCUT2D eigenvalue weighted by Crippen LogP contribution is -2.40. The Hall–Kier alpha value is -2.57. The van der Waals surface area contributed by atoms with Gasteiger partial charge in [0.2, 0.25) is 11.8 Å². The second kappa shape index (κ2) is 4.22. The van der Waals surface area contributed by atoms with Gasteiger partial charge in [-0.15, -0.1) is 0 Å². The van der Waals surface area contributed by atoms with Crippen molar-refractivity contribution in [2.24, 2.45) is 0 Å². The van der Waals surface area contributed by atoms with E-state index >= 15 is 0 Å². The molecule has 0 spiro atoms. The molecular formula is C13H9FN2O4. The Morgan fingerprint density at radius 2 is 1.80 bits per heavy atom. The Morgan fingerprint density at radius 3 is 2.50 bits per heavy atom. The smallest absolute Gasteiger partial charge is 0.259 e. The van der Waals surface area contributed by atoms with Gasteiger partial charge in [0, 0.05) is 12.0 Å². The third-order valence-electron chi connectivity index (χ3n) is 3.48. The molecule has 102 valence electrons. The fourth-order valence-electron chi connectivity index (χ4n) is 2.57. The third kappa shape index (κ3) is 1.70. The number of amides is 4. The van der Waals surface area contributed by atoms with Crippen molar-refractivity contribution in [2.75, 3.05) is 0 Å². The lowest BCUT2D eigenvalue weighted by Gasteiger charge is -2.22. The van der Waals surface area contributed by atoms with Crippen molar-refractivity contribution in [3.05, 3.63) is 34.6 Å². The van der Waals surface area contributed by atoms with Crippen LogP contribution in [0.3, 0.4) is 0 Å². The monoisotopic (exact) mass is 276 g/mol. The Labute approximate surface area is 112 Å². The predicted octanol–water partition coefficient (Wildman–Crippen LogP) is 0.229. The van der Waals surface area contributed by atoms with E-state index in [4.69, 9.17) is 0 Å². The van der Waals surface area contributed by atoms with Crippen LogP contribution in [0.5, 0.6) is 0 Å². The van der Waals surface area contributed by atoms with Crippen LogP contribution in [0, 0.1) is 5.82 Å². The molecule has 20 heavy (non-hydrogen) atoms. The molecule has 0 aromatic heterocycles. The molecule has 0 radical (unpaired) electrons. The largest absolute Gasteiger partial charge is 0.296 e. The minimum Gasteiger partial charge on any atom is -0.296 e. The van der Waals surface area contributed by atoms with Gasteiger partial charge in [0.25, 0.3) is 11.8 Å². The zero-order chi connectivity index (χ0) is 14.4. The Balaban J connectivity index is 2.15. The van der Waals surface area contributed by atoms with Crippen LogP contribution in [-0.2, 0) is 9.59 Å². The van der Waals surface area contributed by atoms with Gasteiger partial charge in [-0.2, -0.15) is 0 Å². The Morgan fingerprint density at radius 1 is 1.05 bits per heavy atom. The van der Waals surface area contributed by atoms with Gasteiger partial charge >= 0.3 is 0 Å². The molecule has 2 heterocycles. The second-order valence-electron chi connectivity index (χ2n) is 4.67. The number of carbonyl (C=O) groups is 4. The van der Waals surface area contributed by atoms with Crippen molar-refractivity contribution < 1.29 is 23.6 Å². The minimum atomic E-state index is -0.945. The highest BCUT2D eigenvalue weighted by Crippen LogP contribution is 2.33. The molecule has 2 aliphatic heterocycles. The Bertz CT molecular complexity index is 683. The van der Waals surface area contributed by atoms with Crippen LogP contribution in [0.1, 0.15) is 45.0 Å². The van der Waals surface area contributed by atoms with E-state index in [2.05, 4.69) is 10.6 Å². The molecular weight excluding hydrogens is 267 g/mol. The summed E-state index contributed by atoms with van der Waals surface area (Å²) < 4.78 is 14.0. The van der Waals surface area contributed by atoms with Crippen molar-refractivity contribution >= 4 is 23.6 Å². The first-order chi connectivity index (χ1) is 9.49. The first-order valence-electron chi connectivity index (χ1n) is 6.01. The fraction of sp³-hybridized carbons (Fsp3) is 0.231. The van der Waals surface area contributed by atoms with Crippen molar-refractivity contribution in [2.45, 2.75) is 18.8 Å². The predicted molar refractivity (Wildman–Crippen MR) is 63.3 cm³/mol. The molecule has 2 aliphatic rings. The van der Waals surface area contributed by atoms with E-state index in [1.807, 2.05) is 0 Å². The number of piperidine rings is 1. The highest BCUT2D eigenvalue weighted by atomic mass is 19.1. The summed E-state index contributed by atoms with van der Waals surface area (Å²) in [5, 5.41) is 4.18. The number of fused-ring (bicyclic) bond motifs is 1. The van der Waals surface area contributed by atoms with Gasteiger partial charge in [-0.3, -0.25) is 29.8 Å². The topological polar surface area (TPSA) is 92.3 Å². The van der Waals surface area contributed by atoms with Crippen LogP contribution in [0.25, 0.3) is 0 Å². The standard InChI is InChI=1S/C13H9FN2O4/c14-7-3-1-6-10(13(20)16-12(6)19)9(7)5-2-4-8(17)15-11(5)18/h1,3,5H,2,4H2,(H,15,17,18)(H,16,19,20). The molecule has 0 saturated carbocycles. The molecule has 0 aliphatic carbocycles. The lowest BCUT2D eigenvalue weighted by molar-refractivity contribution is -0.134. The fourth-order valence-corrected chi connectivity index (χ4v) is 2.57. The zero-order valence-electron chi connectivity index (χ0n) is 10.2. The average molecular weight is 276 g/mol.